The Hall–Kier alpha value is -1.71. The number of nitro benzene ring substituents is 1. The first-order chi connectivity index (χ1) is 9.25. The lowest BCUT2D eigenvalue weighted by molar-refractivity contribution is -0.387. The minimum absolute atomic E-state index is 0.257. The number of nitrogen functional groups attached to an aromatic ring is 1. The number of sulfonamides is 1. The van der Waals surface area contributed by atoms with Gasteiger partial charge >= 0.3 is 0 Å². The molecular formula is C11H18N4O4S. The summed E-state index contributed by atoms with van der Waals surface area (Å²) in [5.74, 6) is 5.18. The summed E-state index contributed by atoms with van der Waals surface area (Å²) in [5, 5.41) is 11.1. The van der Waals surface area contributed by atoms with Crippen LogP contribution in [0.1, 0.15) is 20.3 Å². The number of hydrogen-bond donors (Lipinski definition) is 2. The Kier molecular flexibility index (Phi) is 5.03. The molecule has 9 heteroatoms. The van der Waals surface area contributed by atoms with Crippen molar-refractivity contribution in [2.75, 3.05) is 12.5 Å². The number of nitrogens with one attached hydrogen (secondary N) is 1. The lowest BCUT2D eigenvalue weighted by atomic mass is 10.3. The summed E-state index contributed by atoms with van der Waals surface area (Å²) < 4.78 is 26.0. The highest BCUT2D eigenvalue weighted by Crippen LogP contribution is 2.29. The lowest BCUT2D eigenvalue weighted by Gasteiger charge is -2.23. The molecule has 0 spiro atoms. The molecule has 0 saturated heterocycles. The van der Waals surface area contributed by atoms with Gasteiger partial charge in [0.2, 0.25) is 10.0 Å². The van der Waals surface area contributed by atoms with Crippen LogP contribution in [0.4, 0.5) is 11.4 Å². The zero-order valence-corrected chi connectivity index (χ0v) is 12.3. The van der Waals surface area contributed by atoms with Crippen LogP contribution in [0.2, 0.25) is 0 Å². The monoisotopic (exact) mass is 302 g/mol. The van der Waals surface area contributed by atoms with Gasteiger partial charge in [0.25, 0.3) is 5.69 Å². The fourth-order valence-corrected chi connectivity index (χ4v) is 3.19. The fraction of sp³-hybridized carbons (Fsp3) is 0.455. The van der Waals surface area contributed by atoms with Crippen molar-refractivity contribution in [1.29, 1.82) is 0 Å². The Labute approximate surface area is 117 Å². The number of nitrogens with zero attached hydrogens (tertiary/aromatic N) is 2. The van der Waals surface area contributed by atoms with Gasteiger partial charge in [-0.25, -0.2) is 8.42 Å². The number of nitro groups is 1. The average Bonchev–Trinajstić information content (AvgIpc) is 2.44. The zero-order chi connectivity index (χ0) is 15.5. The topological polar surface area (TPSA) is 119 Å². The Morgan fingerprint density at radius 2 is 2.10 bits per heavy atom. The summed E-state index contributed by atoms with van der Waals surface area (Å²) in [7, 11) is -2.52. The maximum Gasteiger partial charge on any atom is 0.291 e. The highest BCUT2D eigenvalue weighted by molar-refractivity contribution is 7.89. The zero-order valence-electron chi connectivity index (χ0n) is 11.5. The second-order valence-electron chi connectivity index (χ2n) is 4.36. The van der Waals surface area contributed by atoms with Crippen LogP contribution in [-0.2, 0) is 10.0 Å². The van der Waals surface area contributed by atoms with Crippen LogP contribution in [-0.4, -0.2) is 30.7 Å². The van der Waals surface area contributed by atoms with Crippen LogP contribution in [0.25, 0.3) is 0 Å². The van der Waals surface area contributed by atoms with Crippen LogP contribution in [0.5, 0.6) is 0 Å². The number of benzene rings is 1. The van der Waals surface area contributed by atoms with Crippen molar-refractivity contribution in [3.63, 3.8) is 0 Å². The maximum atomic E-state index is 12.4. The van der Waals surface area contributed by atoms with Crippen molar-refractivity contribution in [3.8, 4) is 0 Å². The van der Waals surface area contributed by atoms with Gasteiger partial charge in [0.05, 0.1) is 10.6 Å². The molecule has 0 fully saturated rings. The third-order valence-corrected chi connectivity index (χ3v) is 5.21. The maximum absolute atomic E-state index is 12.4. The van der Waals surface area contributed by atoms with E-state index in [1.54, 1.807) is 6.92 Å². The summed E-state index contributed by atoms with van der Waals surface area (Å²) in [6, 6.07) is 3.40. The van der Waals surface area contributed by atoms with E-state index in [2.05, 4.69) is 5.43 Å². The molecule has 8 nitrogen and oxygen atoms in total. The molecule has 20 heavy (non-hydrogen) atoms. The largest absolute Gasteiger partial charge is 0.324 e. The molecule has 0 saturated carbocycles. The number of nitrogens with two attached hydrogens (primary N) is 1. The highest BCUT2D eigenvalue weighted by atomic mass is 32.2. The van der Waals surface area contributed by atoms with E-state index < -0.39 is 20.6 Å². The Balaban J connectivity index is 3.42. The summed E-state index contributed by atoms with van der Waals surface area (Å²) in [5.41, 5.74) is 2.01. The molecule has 0 heterocycles. The van der Waals surface area contributed by atoms with E-state index in [1.165, 1.54) is 19.2 Å². The predicted molar refractivity (Wildman–Crippen MR) is 75.6 cm³/mol. The molecule has 0 aromatic heterocycles. The van der Waals surface area contributed by atoms with E-state index >= 15 is 0 Å². The van der Waals surface area contributed by atoms with Gasteiger partial charge in [-0.3, -0.25) is 16.0 Å². The third kappa shape index (κ3) is 3.06. The summed E-state index contributed by atoms with van der Waals surface area (Å²) in [6.07, 6.45) is 0.603. The van der Waals surface area contributed by atoms with Crippen LogP contribution < -0.4 is 11.3 Å². The first kappa shape index (κ1) is 16.3. The Morgan fingerprint density at radius 1 is 1.50 bits per heavy atom. The molecule has 1 aromatic rings. The number of anilines is 1. The van der Waals surface area contributed by atoms with Crippen LogP contribution in [0, 0.1) is 10.1 Å². The van der Waals surface area contributed by atoms with E-state index in [0.29, 0.717) is 6.42 Å². The molecule has 0 aliphatic carbocycles. The van der Waals surface area contributed by atoms with Crippen molar-refractivity contribution in [3.05, 3.63) is 28.3 Å². The van der Waals surface area contributed by atoms with Crippen molar-refractivity contribution in [1.82, 2.24) is 4.31 Å². The molecule has 0 amide bonds. The van der Waals surface area contributed by atoms with Gasteiger partial charge < -0.3 is 5.43 Å². The highest BCUT2D eigenvalue weighted by Gasteiger charge is 2.31. The third-order valence-electron chi connectivity index (χ3n) is 3.19. The van der Waals surface area contributed by atoms with Gasteiger partial charge in [-0.2, -0.15) is 4.31 Å². The van der Waals surface area contributed by atoms with Crippen molar-refractivity contribution in [2.24, 2.45) is 5.84 Å². The second kappa shape index (κ2) is 6.16. The normalized spacial score (nSPS) is 13.2. The van der Waals surface area contributed by atoms with Crippen molar-refractivity contribution < 1.29 is 13.3 Å². The van der Waals surface area contributed by atoms with Crippen molar-refractivity contribution >= 4 is 21.4 Å². The fourth-order valence-electron chi connectivity index (χ4n) is 1.62. The molecule has 0 aliphatic rings. The van der Waals surface area contributed by atoms with Gasteiger partial charge in [-0.05, 0) is 25.5 Å². The molecule has 112 valence electrons. The van der Waals surface area contributed by atoms with E-state index in [0.717, 1.165) is 10.4 Å². The summed E-state index contributed by atoms with van der Waals surface area (Å²) >= 11 is 0. The van der Waals surface area contributed by atoms with Crippen LogP contribution in [0.15, 0.2) is 23.1 Å². The van der Waals surface area contributed by atoms with Gasteiger partial charge in [0, 0.05) is 19.2 Å². The molecular weight excluding hydrogens is 284 g/mol. The number of hydrogen-bond acceptors (Lipinski definition) is 6. The minimum atomic E-state index is -3.93. The van der Waals surface area contributed by atoms with E-state index in [1.807, 2.05) is 6.92 Å². The molecule has 0 bridgehead atoms. The Bertz CT molecular complexity index is 602. The van der Waals surface area contributed by atoms with Crippen molar-refractivity contribution in [2.45, 2.75) is 31.2 Å². The van der Waals surface area contributed by atoms with Gasteiger partial charge in [0.1, 0.15) is 0 Å². The van der Waals surface area contributed by atoms with Crippen LogP contribution >= 0.6 is 0 Å². The quantitative estimate of drug-likeness (QED) is 0.464. The predicted octanol–water partition coefficient (Wildman–Crippen LogP) is 1.30. The lowest BCUT2D eigenvalue weighted by Crippen LogP contribution is -2.35. The standard InChI is InChI=1S/C11H18N4O4S/c1-4-8(2)14(3)20(18,19)11-6-5-9(13-12)7-10(11)15(16)17/h5-8,13H,4,12H2,1-3H3. The van der Waals surface area contributed by atoms with E-state index in [4.69, 9.17) is 5.84 Å². The molecule has 1 rings (SSSR count). The van der Waals surface area contributed by atoms with Crippen LogP contribution in [0.3, 0.4) is 0 Å². The molecule has 0 aliphatic heterocycles. The molecule has 1 unspecified atom stereocenters. The molecule has 0 radical (unpaired) electrons. The van der Waals surface area contributed by atoms with E-state index in [-0.39, 0.29) is 16.6 Å². The van der Waals surface area contributed by atoms with Gasteiger partial charge in [-0.15, -0.1) is 0 Å². The van der Waals surface area contributed by atoms with Gasteiger partial charge in [0.15, 0.2) is 4.90 Å². The Morgan fingerprint density at radius 3 is 2.55 bits per heavy atom. The van der Waals surface area contributed by atoms with E-state index in [9.17, 15) is 18.5 Å². The molecule has 1 aromatic carbocycles. The summed E-state index contributed by atoms with van der Waals surface area (Å²) in [4.78, 5) is 9.97. The number of rotatable bonds is 6. The molecule has 1 atom stereocenters. The average molecular weight is 302 g/mol. The minimum Gasteiger partial charge on any atom is -0.324 e. The molecule has 3 N–H and O–H groups in total. The SMILES string of the molecule is CCC(C)N(C)S(=O)(=O)c1ccc(NN)cc1[N+](=O)[O-]. The number of hydrazine groups is 1. The summed E-state index contributed by atoms with van der Waals surface area (Å²) in [6.45, 7) is 3.58. The first-order valence-electron chi connectivity index (χ1n) is 5.98. The smallest absolute Gasteiger partial charge is 0.291 e. The second-order valence-corrected chi connectivity index (χ2v) is 6.33. The first-order valence-corrected chi connectivity index (χ1v) is 7.42. The van der Waals surface area contributed by atoms with Gasteiger partial charge in [-0.1, -0.05) is 6.92 Å².